The van der Waals surface area contributed by atoms with Gasteiger partial charge in [0.15, 0.2) is 0 Å². The maximum Gasteiger partial charge on any atom is 0.0843 e. The van der Waals surface area contributed by atoms with Crippen LogP contribution in [0.2, 0.25) is 0 Å². The monoisotopic (exact) mass is 170 g/mol. The molecule has 1 nitrogen and oxygen atoms in total. The molecule has 1 heteroatoms. The second kappa shape index (κ2) is 5.58. The molecule has 0 saturated heterocycles. The van der Waals surface area contributed by atoms with Gasteiger partial charge in [0, 0.05) is 0 Å². The van der Waals surface area contributed by atoms with E-state index in [1.165, 1.54) is 51.4 Å². The average Bonchev–Trinajstić information content (AvgIpc) is 2.09. The first kappa shape index (κ1) is 10.0. The summed E-state index contributed by atoms with van der Waals surface area (Å²) in [4.78, 5) is 0. The highest BCUT2D eigenvalue weighted by Gasteiger charge is 2.19. The van der Waals surface area contributed by atoms with Crippen LogP contribution in [-0.2, 0) is 0 Å². The fraction of sp³-hybridized carbons (Fsp3) is 1.00. The smallest absolute Gasteiger partial charge is 0.0843 e. The molecule has 0 amide bonds. The molecule has 1 fully saturated rings. The summed E-state index contributed by atoms with van der Waals surface area (Å²) < 4.78 is 0. The van der Waals surface area contributed by atoms with Gasteiger partial charge < -0.3 is 5.73 Å². The van der Waals surface area contributed by atoms with E-state index in [2.05, 4.69) is 12.7 Å². The zero-order chi connectivity index (χ0) is 8.81. The molecule has 1 rings (SSSR count). The van der Waals surface area contributed by atoms with E-state index in [1.54, 1.807) is 0 Å². The van der Waals surface area contributed by atoms with Crippen molar-refractivity contribution in [3.05, 3.63) is 0 Å². The SMILES string of the molecule is CCCCCC1CCC([NH3+])CC1. The number of unbranched alkanes of at least 4 members (excludes halogenated alkanes) is 2. The third-order valence-corrected chi connectivity index (χ3v) is 3.18. The normalized spacial score (nSPS) is 30.5. The Morgan fingerprint density at radius 1 is 1.08 bits per heavy atom. The highest BCUT2D eigenvalue weighted by molar-refractivity contribution is 4.70. The second-order valence-electron chi connectivity index (χ2n) is 4.38. The second-order valence-corrected chi connectivity index (χ2v) is 4.38. The molecule has 0 unspecified atom stereocenters. The lowest BCUT2D eigenvalue weighted by atomic mass is 9.83. The summed E-state index contributed by atoms with van der Waals surface area (Å²) in [6.07, 6.45) is 11.4. The lowest BCUT2D eigenvalue weighted by Crippen LogP contribution is -2.61. The van der Waals surface area contributed by atoms with E-state index < -0.39 is 0 Å². The lowest BCUT2D eigenvalue weighted by Gasteiger charge is -2.23. The van der Waals surface area contributed by atoms with Gasteiger partial charge >= 0.3 is 0 Å². The molecule has 0 bridgehead atoms. The summed E-state index contributed by atoms with van der Waals surface area (Å²) in [5, 5.41) is 0. The molecule has 3 N–H and O–H groups in total. The molecule has 0 aromatic rings. The molecule has 0 heterocycles. The first-order valence-electron chi connectivity index (χ1n) is 5.66. The van der Waals surface area contributed by atoms with Gasteiger partial charge in [-0.25, -0.2) is 0 Å². The van der Waals surface area contributed by atoms with E-state index in [0.29, 0.717) is 0 Å². The zero-order valence-corrected chi connectivity index (χ0v) is 8.52. The molecule has 0 atom stereocenters. The molecule has 0 spiro atoms. The highest BCUT2D eigenvalue weighted by Crippen LogP contribution is 2.26. The van der Waals surface area contributed by atoms with Crippen molar-refractivity contribution in [2.75, 3.05) is 0 Å². The van der Waals surface area contributed by atoms with Gasteiger partial charge in [-0.05, 0) is 31.6 Å². The van der Waals surface area contributed by atoms with E-state index in [0.717, 1.165) is 12.0 Å². The Bertz CT molecular complexity index is 104. The van der Waals surface area contributed by atoms with Crippen molar-refractivity contribution in [3.8, 4) is 0 Å². The minimum absolute atomic E-state index is 0.771. The van der Waals surface area contributed by atoms with Gasteiger partial charge in [0.25, 0.3) is 0 Å². The molecule has 0 aliphatic heterocycles. The summed E-state index contributed by atoms with van der Waals surface area (Å²) in [7, 11) is 0. The minimum atomic E-state index is 0.771. The molecule has 0 aromatic carbocycles. The molecule has 1 saturated carbocycles. The summed E-state index contributed by atoms with van der Waals surface area (Å²) in [5.74, 6) is 1.05. The third kappa shape index (κ3) is 3.57. The number of quaternary nitrogens is 1. The van der Waals surface area contributed by atoms with Gasteiger partial charge in [0.05, 0.1) is 6.04 Å². The third-order valence-electron chi connectivity index (χ3n) is 3.18. The Labute approximate surface area is 76.7 Å². The van der Waals surface area contributed by atoms with Crippen LogP contribution in [-0.4, -0.2) is 6.04 Å². The summed E-state index contributed by atoms with van der Waals surface area (Å²) >= 11 is 0. The van der Waals surface area contributed by atoms with Gasteiger partial charge in [-0.2, -0.15) is 0 Å². The van der Waals surface area contributed by atoms with E-state index >= 15 is 0 Å². The topological polar surface area (TPSA) is 27.6 Å². The molecular weight excluding hydrogens is 146 g/mol. The molecule has 0 radical (unpaired) electrons. The van der Waals surface area contributed by atoms with Crippen LogP contribution >= 0.6 is 0 Å². The maximum atomic E-state index is 4.13. The van der Waals surface area contributed by atoms with Gasteiger partial charge in [-0.15, -0.1) is 0 Å². The lowest BCUT2D eigenvalue weighted by molar-refractivity contribution is -0.426. The molecular formula is C11H24N+. The molecule has 1 aliphatic carbocycles. The van der Waals surface area contributed by atoms with E-state index in [4.69, 9.17) is 0 Å². The van der Waals surface area contributed by atoms with Gasteiger partial charge in [0.2, 0.25) is 0 Å². The van der Waals surface area contributed by atoms with Crippen LogP contribution in [0.15, 0.2) is 0 Å². The number of rotatable bonds is 4. The Kier molecular flexibility index (Phi) is 4.67. The van der Waals surface area contributed by atoms with E-state index in [1.807, 2.05) is 0 Å². The molecule has 1 aliphatic rings. The van der Waals surface area contributed by atoms with Crippen molar-refractivity contribution in [3.63, 3.8) is 0 Å². The van der Waals surface area contributed by atoms with Crippen LogP contribution in [0.1, 0.15) is 58.3 Å². The van der Waals surface area contributed by atoms with Crippen LogP contribution < -0.4 is 5.73 Å². The molecule has 12 heavy (non-hydrogen) atoms. The van der Waals surface area contributed by atoms with E-state index in [9.17, 15) is 0 Å². The summed E-state index contributed by atoms with van der Waals surface area (Å²) in [6.45, 7) is 2.28. The highest BCUT2D eigenvalue weighted by atomic mass is 14.6. The Hall–Kier alpha value is -0.0400. The fourth-order valence-electron chi connectivity index (χ4n) is 2.20. The van der Waals surface area contributed by atoms with Crippen LogP contribution in [0.25, 0.3) is 0 Å². The quantitative estimate of drug-likeness (QED) is 0.627. The Balaban J connectivity index is 2.01. The minimum Gasteiger partial charge on any atom is -0.355 e. The molecule has 72 valence electrons. The summed E-state index contributed by atoms with van der Waals surface area (Å²) in [5.41, 5.74) is 4.13. The van der Waals surface area contributed by atoms with E-state index in [-0.39, 0.29) is 0 Å². The van der Waals surface area contributed by atoms with Crippen LogP contribution in [0.5, 0.6) is 0 Å². The van der Waals surface area contributed by atoms with Crippen molar-refractivity contribution in [1.82, 2.24) is 0 Å². The fourth-order valence-corrected chi connectivity index (χ4v) is 2.20. The Morgan fingerprint density at radius 2 is 1.75 bits per heavy atom. The van der Waals surface area contributed by atoms with Crippen molar-refractivity contribution in [1.29, 1.82) is 0 Å². The Morgan fingerprint density at radius 3 is 2.33 bits per heavy atom. The first-order chi connectivity index (χ1) is 5.83. The largest absolute Gasteiger partial charge is 0.355 e. The average molecular weight is 170 g/mol. The van der Waals surface area contributed by atoms with Crippen LogP contribution in [0, 0.1) is 5.92 Å². The summed E-state index contributed by atoms with van der Waals surface area (Å²) in [6, 6.07) is 0.771. The van der Waals surface area contributed by atoms with Gasteiger partial charge in [-0.1, -0.05) is 32.6 Å². The standard InChI is InChI=1S/C11H23N/c1-2-3-4-5-10-6-8-11(12)9-7-10/h10-11H,2-9,12H2,1H3/p+1. The van der Waals surface area contributed by atoms with Gasteiger partial charge in [-0.3, -0.25) is 0 Å². The van der Waals surface area contributed by atoms with Crippen molar-refractivity contribution in [2.45, 2.75) is 64.3 Å². The van der Waals surface area contributed by atoms with Gasteiger partial charge in [0.1, 0.15) is 0 Å². The van der Waals surface area contributed by atoms with Crippen LogP contribution in [0.3, 0.4) is 0 Å². The maximum absolute atomic E-state index is 4.13. The predicted molar refractivity (Wildman–Crippen MR) is 52.8 cm³/mol. The van der Waals surface area contributed by atoms with Crippen molar-refractivity contribution < 1.29 is 5.73 Å². The van der Waals surface area contributed by atoms with Crippen molar-refractivity contribution in [2.24, 2.45) is 5.92 Å². The van der Waals surface area contributed by atoms with Crippen molar-refractivity contribution >= 4 is 0 Å². The number of hydrogen-bond donors (Lipinski definition) is 1. The zero-order valence-electron chi connectivity index (χ0n) is 8.52. The van der Waals surface area contributed by atoms with Crippen LogP contribution in [0.4, 0.5) is 0 Å². The molecule has 0 aromatic heterocycles. The number of hydrogen-bond acceptors (Lipinski definition) is 0. The predicted octanol–water partition coefficient (Wildman–Crippen LogP) is 2.37. The first-order valence-corrected chi connectivity index (χ1v) is 5.66.